The minimum atomic E-state index is -2.79. The summed E-state index contributed by atoms with van der Waals surface area (Å²) in [5.41, 5.74) is 3.46. The highest BCUT2D eigenvalue weighted by Crippen LogP contribution is 2.37. The molecule has 0 N–H and O–H groups in total. The molecule has 4 heteroatoms. The predicted molar refractivity (Wildman–Crippen MR) is 104 cm³/mol. The van der Waals surface area contributed by atoms with Crippen LogP contribution in [-0.4, -0.2) is 20.3 Å². The largest absolute Gasteiger partial charge is 0.435 e. The molecule has 0 bridgehead atoms. The molecule has 144 valence electrons. The van der Waals surface area contributed by atoms with Gasteiger partial charge in [-0.3, -0.25) is 0 Å². The zero-order valence-corrected chi connectivity index (χ0v) is 15.6. The molecule has 0 unspecified atom stereocenters. The van der Waals surface area contributed by atoms with Gasteiger partial charge in [0.1, 0.15) is 5.75 Å². The lowest BCUT2D eigenvalue weighted by Crippen LogP contribution is -2.11. The Hall–Kier alpha value is -2.20. The molecule has 0 radical (unpaired) electrons. The van der Waals surface area contributed by atoms with Crippen molar-refractivity contribution in [3.8, 4) is 16.9 Å². The molecule has 2 aromatic rings. The fraction of sp³-hybridized carbons (Fsp3) is 0.391. The molecule has 1 aliphatic rings. The van der Waals surface area contributed by atoms with Crippen LogP contribution in [0.25, 0.3) is 11.1 Å². The first-order chi connectivity index (χ1) is 13.2. The van der Waals surface area contributed by atoms with E-state index in [0.717, 1.165) is 11.1 Å². The number of ether oxygens (including phenoxy) is 2. The van der Waals surface area contributed by atoms with E-state index < -0.39 is 6.61 Å². The molecule has 0 aromatic heterocycles. The molecule has 0 atom stereocenters. The second-order valence-corrected chi connectivity index (χ2v) is 7.02. The Morgan fingerprint density at radius 1 is 0.926 bits per heavy atom. The van der Waals surface area contributed by atoms with Crippen LogP contribution in [0.15, 0.2) is 60.7 Å². The van der Waals surface area contributed by atoms with Crippen molar-refractivity contribution in [1.29, 1.82) is 0 Å². The van der Waals surface area contributed by atoms with Gasteiger partial charge in [-0.15, -0.1) is 0 Å². The van der Waals surface area contributed by atoms with Gasteiger partial charge >= 0.3 is 6.61 Å². The van der Waals surface area contributed by atoms with E-state index in [1.807, 2.05) is 12.1 Å². The maximum atomic E-state index is 12.2. The van der Waals surface area contributed by atoms with Crippen molar-refractivity contribution in [2.75, 3.05) is 13.7 Å². The summed E-state index contributed by atoms with van der Waals surface area (Å²) >= 11 is 0. The van der Waals surface area contributed by atoms with Gasteiger partial charge in [0.05, 0.1) is 6.61 Å². The minimum absolute atomic E-state index is 0.182. The van der Waals surface area contributed by atoms with Crippen molar-refractivity contribution >= 4 is 0 Å². The number of rotatable bonds is 7. The van der Waals surface area contributed by atoms with Gasteiger partial charge in [0, 0.05) is 7.11 Å². The van der Waals surface area contributed by atoms with Crippen molar-refractivity contribution in [1.82, 2.24) is 0 Å². The van der Waals surface area contributed by atoms with Crippen LogP contribution in [0, 0.1) is 5.92 Å². The van der Waals surface area contributed by atoms with Crippen molar-refractivity contribution in [2.24, 2.45) is 5.92 Å². The topological polar surface area (TPSA) is 18.5 Å². The Morgan fingerprint density at radius 2 is 1.52 bits per heavy atom. The molecule has 1 aliphatic carbocycles. The van der Waals surface area contributed by atoms with Crippen molar-refractivity contribution in [3.05, 3.63) is 66.2 Å². The van der Waals surface area contributed by atoms with Crippen LogP contribution in [0.1, 0.15) is 37.2 Å². The molecule has 1 fully saturated rings. The third-order valence-corrected chi connectivity index (χ3v) is 5.24. The van der Waals surface area contributed by atoms with E-state index in [1.165, 1.54) is 31.2 Å². The van der Waals surface area contributed by atoms with Gasteiger partial charge in [-0.05, 0) is 66.3 Å². The minimum Gasteiger partial charge on any atom is -0.435 e. The Balaban J connectivity index is 1.58. The summed E-state index contributed by atoms with van der Waals surface area (Å²) in [6.45, 7) is -2.10. The summed E-state index contributed by atoms with van der Waals surface area (Å²) in [4.78, 5) is 0. The quantitative estimate of drug-likeness (QED) is 0.521. The van der Waals surface area contributed by atoms with Gasteiger partial charge in [0.15, 0.2) is 0 Å². The number of hydrogen-bond acceptors (Lipinski definition) is 2. The molecule has 1 saturated carbocycles. The Kier molecular flexibility index (Phi) is 6.99. The van der Waals surface area contributed by atoms with E-state index in [9.17, 15) is 8.78 Å². The summed E-state index contributed by atoms with van der Waals surface area (Å²) in [6.07, 6.45) is 9.28. The average Bonchev–Trinajstić information content (AvgIpc) is 2.69. The molecular formula is C23H26F2O2. The van der Waals surface area contributed by atoms with E-state index >= 15 is 0 Å². The standard InChI is InChI=1S/C23H26F2O2/c1-26-16-2-3-17-4-6-18(7-5-17)19-8-10-20(11-9-19)21-12-14-22(15-13-21)27-23(24)25/h2-3,8-15,17-18,23H,4-7,16H2,1H3/b3-2+. The maximum absolute atomic E-state index is 12.2. The zero-order valence-electron chi connectivity index (χ0n) is 15.6. The fourth-order valence-corrected chi connectivity index (χ4v) is 3.77. The number of hydrogen-bond donors (Lipinski definition) is 0. The predicted octanol–water partition coefficient (Wildman–Crippen LogP) is 6.43. The van der Waals surface area contributed by atoms with Gasteiger partial charge in [-0.1, -0.05) is 48.6 Å². The number of halogens is 2. The molecule has 0 saturated heterocycles. The first-order valence-corrected chi connectivity index (χ1v) is 9.46. The Bertz CT molecular complexity index is 715. The molecule has 0 aliphatic heterocycles. The van der Waals surface area contributed by atoms with E-state index in [1.54, 1.807) is 19.2 Å². The smallest absolute Gasteiger partial charge is 0.387 e. The van der Waals surface area contributed by atoms with Gasteiger partial charge in [-0.2, -0.15) is 8.78 Å². The summed E-state index contributed by atoms with van der Waals surface area (Å²) in [5, 5.41) is 0. The van der Waals surface area contributed by atoms with Crippen molar-refractivity contribution < 1.29 is 18.3 Å². The van der Waals surface area contributed by atoms with Crippen LogP contribution in [0.5, 0.6) is 5.75 Å². The van der Waals surface area contributed by atoms with E-state index in [2.05, 4.69) is 41.2 Å². The SMILES string of the molecule is COC/C=C/C1CCC(c2ccc(-c3ccc(OC(F)F)cc3)cc2)CC1. The third-order valence-electron chi connectivity index (χ3n) is 5.24. The number of methoxy groups -OCH3 is 1. The van der Waals surface area contributed by atoms with Crippen LogP contribution in [-0.2, 0) is 4.74 Å². The van der Waals surface area contributed by atoms with Gasteiger partial charge in [-0.25, -0.2) is 0 Å². The van der Waals surface area contributed by atoms with Crippen LogP contribution in [0.2, 0.25) is 0 Å². The van der Waals surface area contributed by atoms with Gasteiger partial charge in [0.2, 0.25) is 0 Å². The molecule has 0 spiro atoms. The fourth-order valence-electron chi connectivity index (χ4n) is 3.77. The lowest BCUT2D eigenvalue weighted by Gasteiger charge is -2.27. The molecule has 0 heterocycles. The molecule has 2 aromatic carbocycles. The third kappa shape index (κ3) is 5.64. The molecule has 3 rings (SSSR count). The lowest BCUT2D eigenvalue weighted by molar-refractivity contribution is -0.0498. The maximum Gasteiger partial charge on any atom is 0.387 e. The number of benzene rings is 2. The lowest BCUT2D eigenvalue weighted by atomic mass is 9.78. The van der Waals surface area contributed by atoms with E-state index in [-0.39, 0.29) is 5.75 Å². The highest BCUT2D eigenvalue weighted by atomic mass is 19.3. The van der Waals surface area contributed by atoms with E-state index in [0.29, 0.717) is 18.4 Å². The Labute approximate surface area is 159 Å². The van der Waals surface area contributed by atoms with Gasteiger partial charge < -0.3 is 9.47 Å². The van der Waals surface area contributed by atoms with Crippen LogP contribution in [0.3, 0.4) is 0 Å². The normalized spacial score (nSPS) is 20.3. The summed E-state index contributed by atoms with van der Waals surface area (Å²) in [5.74, 6) is 1.47. The Morgan fingerprint density at radius 3 is 2.07 bits per heavy atom. The van der Waals surface area contributed by atoms with Crippen molar-refractivity contribution in [3.63, 3.8) is 0 Å². The molecule has 27 heavy (non-hydrogen) atoms. The summed E-state index contributed by atoms with van der Waals surface area (Å²) in [6, 6.07) is 15.4. The highest BCUT2D eigenvalue weighted by molar-refractivity contribution is 5.64. The highest BCUT2D eigenvalue weighted by Gasteiger charge is 2.20. The second kappa shape index (κ2) is 9.65. The summed E-state index contributed by atoms with van der Waals surface area (Å²) < 4.78 is 33.9. The van der Waals surface area contributed by atoms with Crippen LogP contribution >= 0.6 is 0 Å². The first-order valence-electron chi connectivity index (χ1n) is 9.46. The van der Waals surface area contributed by atoms with Crippen LogP contribution in [0.4, 0.5) is 8.78 Å². The zero-order chi connectivity index (χ0) is 19.1. The van der Waals surface area contributed by atoms with Crippen LogP contribution < -0.4 is 4.74 Å². The summed E-state index contributed by atoms with van der Waals surface area (Å²) in [7, 11) is 1.72. The van der Waals surface area contributed by atoms with E-state index in [4.69, 9.17) is 4.74 Å². The van der Waals surface area contributed by atoms with Gasteiger partial charge in [0.25, 0.3) is 0 Å². The second-order valence-electron chi connectivity index (χ2n) is 7.02. The first kappa shape index (κ1) is 19.6. The van der Waals surface area contributed by atoms with Crippen molar-refractivity contribution in [2.45, 2.75) is 38.2 Å². The molecule has 2 nitrogen and oxygen atoms in total. The average molecular weight is 372 g/mol. The monoisotopic (exact) mass is 372 g/mol. The number of alkyl halides is 2. The molecular weight excluding hydrogens is 346 g/mol. The molecule has 0 amide bonds. The number of allylic oxidation sites excluding steroid dienone is 1.